The molecule has 0 radical (unpaired) electrons. The van der Waals surface area contributed by atoms with Crippen LogP contribution in [0.1, 0.15) is 32.9 Å². The van der Waals surface area contributed by atoms with Crippen LogP contribution in [0.5, 0.6) is 5.75 Å². The predicted octanol–water partition coefficient (Wildman–Crippen LogP) is 5.91. The summed E-state index contributed by atoms with van der Waals surface area (Å²) in [6, 6.07) is 7.26. The van der Waals surface area contributed by atoms with Crippen LogP contribution in [0.2, 0.25) is 5.02 Å². The molecule has 0 fully saturated rings. The van der Waals surface area contributed by atoms with Gasteiger partial charge in [-0.05, 0) is 43.7 Å². The minimum atomic E-state index is -4.73. The molecular formula is C29H20ClF3N4O5S. The lowest BCUT2D eigenvalue weighted by atomic mass is 9.98. The first-order chi connectivity index (χ1) is 20.2. The number of benzene rings is 2. The molecule has 1 N–H and O–H groups in total. The Labute approximate surface area is 249 Å². The molecule has 5 aromatic rings. The number of hydrogen-bond acceptors (Lipinski definition) is 7. The summed E-state index contributed by atoms with van der Waals surface area (Å²) in [5.41, 5.74) is -2.34. The van der Waals surface area contributed by atoms with Gasteiger partial charge in [-0.1, -0.05) is 11.6 Å². The second-order valence-electron chi connectivity index (χ2n) is 9.65. The van der Waals surface area contributed by atoms with Crippen LogP contribution < -0.4 is 15.9 Å². The summed E-state index contributed by atoms with van der Waals surface area (Å²) < 4.78 is 49.6. The summed E-state index contributed by atoms with van der Waals surface area (Å²) in [6.07, 6.45) is -3.18. The molecule has 9 nitrogen and oxygen atoms in total. The summed E-state index contributed by atoms with van der Waals surface area (Å²) in [7, 11) is 1.50. The second kappa shape index (κ2) is 10.9. The molecule has 0 saturated carbocycles. The van der Waals surface area contributed by atoms with E-state index in [1.165, 1.54) is 28.5 Å². The van der Waals surface area contributed by atoms with Gasteiger partial charge in [0.05, 0.1) is 44.2 Å². The van der Waals surface area contributed by atoms with Crippen LogP contribution in [-0.4, -0.2) is 31.8 Å². The van der Waals surface area contributed by atoms with E-state index in [1.807, 2.05) is 0 Å². The third kappa shape index (κ3) is 5.13. The Bertz CT molecular complexity index is 2140. The maximum absolute atomic E-state index is 13.6. The highest BCUT2D eigenvalue weighted by Crippen LogP contribution is 2.39. The molecule has 0 atom stereocenters. The minimum Gasteiger partial charge on any atom is -0.491 e. The molecule has 43 heavy (non-hydrogen) atoms. The van der Waals surface area contributed by atoms with Crippen LogP contribution in [-0.2, 0) is 19.8 Å². The largest absolute Gasteiger partial charge is 0.491 e. The lowest BCUT2D eigenvalue weighted by molar-refractivity contribution is -0.138. The van der Waals surface area contributed by atoms with E-state index in [-0.39, 0.29) is 46.4 Å². The number of ether oxygens (including phenoxy) is 1. The summed E-state index contributed by atoms with van der Waals surface area (Å²) in [5.74, 6) is -0.799. The van der Waals surface area contributed by atoms with Crippen molar-refractivity contribution in [1.29, 1.82) is 5.26 Å². The number of rotatable bonds is 6. The van der Waals surface area contributed by atoms with Gasteiger partial charge >= 0.3 is 12.1 Å². The first-order valence-corrected chi connectivity index (χ1v) is 13.8. The van der Waals surface area contributed by atoms with E-state index in [0.29, 0.717) is 26.6 Å². The fourth-order valence-electron chi connectivity index (χ4n) is 4.98. The van der Waals surface area contributed by atoms with Gasteiger partial charge in [-0.25, -0.2) is 9.78 Å². The quantitative estimate of drug-likeness (QED) is 0.247. The standard InChI is InChI=1S/C29H20ClF3N4O5S/c1-13-17(10-34)23-21(9-20(13)29(31,32)33)35-14(2)37(27(23)39)6-7-42-22-5-4-15(30)8-16(22)18-11-36(3)26(38)24-19(28(40)41)12-43-25(18)24/h4-5,8-9,11-12H,6-7H2,1-3H3,(H,40,41). The number of alkyl halides is 3. The van der Waals surface area contributed by atoms with Gasteiger partial charge in [0.2, 0.25) is 0 Å². The summed E-state index contributed by atoms with van der Waals surface area (Å²) in [5, 5.41) is 20.8. The zero-order valence-corrected chi connectivity index (χ0v) is 24.2. The van der Waals surface area contributed by atoms with Crippen molar-refractivity contribution in [2.24, 2.45) is 7.05 Å². The molecule has 0 bridgehead atoms. The highest BCUT2D eigenvalue weighted by atomic mass is 35.5. The van der Waals surface area contributed by atoms with E-state index < -0.39 is 34.4 Å². The topological polar surface area (TPSA) is 127 Å². The number of aromatic nitrogens is 3. The van der Waals surface area contributed by atoms with Gasteiger partial charge in [0.25, 0.3) is 11.1 Å². The molecule has 5 rings (SSSR count). The van der Waals surface area contributed by atoms with E-state index >= 15 is 0 Å². The highest BCUT2D eigenvalue weighted by molar-refractivity contribution is 7.18. The van der Waals surface area contributed by atoms with Crippen molar-refractivity contribution >= 4 is 49.9 Å². The third-order valence-electron chi connectivity index (χ3n) is 7.04. The molecule has 0 unspecified atom stereocenters. The van der Waals surface area contributed by atoms with Gasteiger partial charge in [-0.15, -0.1) is 11.3 Å². The van der Waals surface area contributed by atoms with Crippen molar-refractivity contribution in [3.05, 3.63) is 89.7 Å². The Balaban J connectivity index is 1.55. The highest BCUT2D eigenvalue weighted by Gasteiger charge is 2.35. The monoisotopic (exact) mass is 628 g/mol. The molecule has 14 heteroatoms. The molecule has 0 saturated heterocycles. The number of pyridine rings is 1. The Morgan fingerprint density at radius 3 is 2.53 bits per heavy atom. The normalized spacial score (nSPS) is 11.7. The maximum atomic E-state index is 13.6. The number of aromatic carboxylic acids is 1. The molecular weight excluding hydrogens is 609 g/mol. The summed E-state index contributed by atoms with van der Waals surface area (Å²) in [6.45, 7) is 2.44. The fourth-order valence-corrected chi connectivity index (χ4v) is 6.21. The average molecular weight is 629 g/mol. The van der Waals surface area contributed by atoms with Gasteiger partial charge in [0, 0.05) is 34.8 Å². The first kappa shape index (κ1) is 29.8. The number of carboxylic acids is 1. The molecule has 3 aromatic heterocycles. The van der Waals surface area contributed by atoms with Gasteiger partial charge in [0.1, 0.15) is 24.3 Å². The van der Waals surface area contributed by atoms with Crippen LogP contribution in [0.3, 0.4) is 0 Å². The SMILES string of the molecule is Cc1c(C(F)(F)F)cc2nc(C)n(CCOc3ccc(Cl)cc3-c3cn(C)c(=O)c4c(C(=O)O)csc34)c(=O)c2c1C#N. The van der Waals surface area contributed by atoms with Crippen molar-refractivity contribution in [3.63, 3.8) is 0 Å². The number of fused-ring (bicyclic) bond motifs is 2. The number of hydrogen-bond donors (Lipinski definition) is 1. The Morgan fingerprint density at radius 1 is 1.16 bits per heavy atom. The first-order valence-electron chi connectivity index (χ1n) is 12.5. The van der Waals surface area contributed by atoms with Crippen molar-refractivity contribution in [2.45, 2.75) is 26.6 Å². The predicted molar refractivity (Wildman–Crippen MR) is 155 cm³/mol. The Kier molecular flexibility index (Phi) is 7.53. The molecule has 0 aliphatic carbocycles. The van der Waals surface area contributed by atoms with Gasteiger partial charge < -0.3 is 14.4 Å². The summed E-state index contributed by atoms with van der Waals surface area (Å²) in [4.78, 5) is 42.2. The average Bonchev–Trinajstić information content (AvgIpc) is 3.38. The maximum Gasteiger partial charge on any atom is 0.416 e. The fraction of sp³-hybridized carbons (Fsp3) is 0.207. The molecule has 0 aliphatic rings. The van der Waals surface area contributed by atoms with E-state index in [1.54, 1.807) is 30.5 Å². The number of nitrogens with zero attached hydrogens (tertiary/aromatic N) is 4. The Morgan fingerprint density at radius 2 is 1.88 bits per heavy atom. The minimum absolute atomic E-state index is 0.0464. The molecule has 3 heterocycles. The van der Waals surface area contributed by atoms with Crippen molar-refractivity contribution in [1.82, 2.24) is 14.1 Å². The third-order valence-corrected chi connectivity index (χ3v) is 8.29. The van der Waals surface area contributed by atoms with Crippen molar-refractivity contribution < 1.29 is 27.8 Å². The van der Waals surface area contributed by atoms with Gasteiger partial charge in [0.15, 0.2) is 0 Å². The smallest absolute Gasteiger partial charge is 0.416 e. The van der Waals surface area contributed by atoms with Crippen LogP contribution in [0, 0.1) is 25.2 Å². The molecule has 0 aliphatic heterocycles. The number of halogens is 4. The van der Waals surface area contributed by atoms with Gasteiger partial charge in [-0.2, -0.15) is 18.4 Å². The number of carbonyl (C=O) groups is 1. The number of nitriles is 1. The number of aryl methyl sites for hydroxylation is 2. The van der Waals surface area contributed by atoms with Gasteiger partial charge in [-0.3, -0.25) is 14.2 Å². The van der Waals surface area contributed by atoms with E-state index in [9.17, 15) is 37.9 Å². The van der Waals surface area contributed by atoms with E-state index in [2.05, 4.69) is 4.98 Å². The van der Waals surface area contributed by atoms with Crippen LogP contribution >= 0.6 is 22.9 Å². The van der Waals surface area contributed by atoms with E-state index in [4.69, 9.17) is 16.3 Å². The van der Waals surface area contributed by atoms with Crippen molar-refractivity contribution in [3.8, 4) is 22.9 Å². The lowest BCUT2D eigenvalue weighted by Crippen LogP contribution is -2.27. The molecule has 2 aromatic carbocycles. The zero-order valence-electron chi connectivity index (χ0n) is 22.7. The van der Waals surface area contributed by atoms with Crippen LogP contribution in [0.4, 0.5) is 13.2 Å². The van der Waals surface area contributed by atoms with Crippen LogP contribution in [0.15, 0.2) is 45.4 Å². The molecule has 0 spiro atoms. The van der Waals surface area contributed by atoms with E-state index in [0.717, 1.165) is 24.3 Å². The Hall–Kier alpha value is -4.67. The number of carboxylic acid groups (broad SMARTS) is 1. The number of thiophene rings is 1. The second-order valence-corrected chi connectivity index (χ2v) is 11.0. The van der Waals surface area contributed by atoms with Crippen LogP contribution in [0.25, 0.3) is 32.1 Å². The molecule has 0 amide bonds. The molecule has 220 valence electrons. The summed E-state index contributed by atoms with van der Waals surface area (Å²) >= 11 is 7.38. The van der Waals surface area contributed by atoms with Crippen molar-refractivity contribution in [2.75, 3.05) is 6.61 Å². The lowest BCUT2D eigenvalue weighted by Gasteiger charge is -2.17. The zero-order chi connectivity index (χ0) is 31.4.